The Kier molecular flexibility index (Phi) is 7.00. The maximum absolute atomic E-state index is 12.3. The number of halogens is 3. The number of nitrogens with zero attached hydrogens (tertiary/aromatic N) is 5. The number of aromatic amines is 1. The van der Waals surface area contributed by atoms with Crippen LogP contribution in [0, 0.1) is 0 Å². The molecule has 27 heavy (non-hydrogen) atoms. The van der Waals surface area contributed by atoms with Crippen molar-refractivity contribution in [2.75, 3.05) is 6.54 Å². The minimum absolute atomic E-state index is 0.00290. The molecule has 0 radical (unpaired) electrons. The summed E-state index contributed by atoms with van der Waals surface area (Å²) in [7, 11) is 0. The second kappa shape index (κ2) is 9.43. The number of nitrogens with one attached hydrogen (secondary N) is 2. The quantitative estimate of drug-likeness (QED) is 0.298. The molecule has 12 heteroatoms. The summed E-state index contributed by atoms with van der Waals surface area (Å²) in [5, 5.41) is 16.1. The van der Waals surface area contributed by atoms with Gasteiger partial charge in [-0.05, 0) is 42.5 Å². The van der Waals surface area contributed by atoms with Gasteiger partial charge in [0.15, 0.2) is 5.69 Å². The van der Waals surface area contributed by atoms with Gasteiger partial charge in [-0.2, -0.15) is 15.4 Å². The minimum Gasteiger partial charge on any atom is -0.406 e. The molecular formula is C15H16F3N7O2. The number of carbonyl (C=O) groups excluding carboxylic acids is 1. The Morgan fingerprint density at radius 1 is 1.33 bits per heavy atom. The van der Waals surface area contributed by atoms with Crippen molar-refractivity contribution < 1.29 is 22.7 Å². The number of H-pyrrole nitrogens is 1. The first-order valence-electron chi connectivity index (χ1n) is 7.92. The van der Waals surface area contributed by atoms with Gasteiger partial charge in [-0.15, -0.1) is 13.2 Å². The van der Waals surface area contributed by atoms with Crippen LogP contribution in [0.25, 0.3) is 10.4 Å². The van der Waals surface area contributed by atoms with E-state index in [2.05, 4.69) is 35.5 Å². The summed E-state index contributed by atoms with van der Waals surface area (Å²) in [6.45, 7) is 0.350. The molecule has 0 bridgehead atoms. The molecule has 1 aromatic heterocycles. The molecule has 0 aliphatic rings. The van der Waals surface area contributed by atoms with E-state index < -0.39 is 12.3 Å². The molecule has 0 atom stereocenters. The van der Waals surface area contributed by atoms with Gasteiger partial charge in [0, 0.05) is 18.0 Å². The van der Waals surface area contributed by atoms with Crippen LogP contribution in [0.15, 0.2) is 29.4 Å². The number of ether oxygens (including phenoxy) is 1. The maximum Gasteiger partial charge on any atom is 0.573 e. The molecule has 144 valence electrons. The van der Waals surface area contributed by atoms with Gasteiger partial charge < -0.3 is 10.1 Å². The molecule has 0 aliphatic carbocycles. The molecule has 0 spiro atoms. The van der Waals surface area contributed by atoms with Crippen molar-refractivity contribution in [3.05, 3.63) is 51.7 Å². The zero-order valence-electron chi connectivity index (χ0n) is 14.0. The van der Waals surface area contributed by atoms with Crippen LogP contribution in [0.1, 0.15) is 34.6 Å². The summed E-state index contributed by atoms with van der Waals surface area (Å²) in [5.41, 5.74) is 9.21. The lowest BCUT2D eigenvalue weighted by atomic mass is 10.1. The third-order valence-electron chi connectivity index (χ3n) is 3.41. The Balaban J connectivity index is 1.90. The highest BCUT2D eigenvalue weighted by Gasteiger charge is 2.31. The van der Waals surface area contributed by atoms with Crippen LogP contribution in [-0.2, 0) is 13.0 Å². The summed E-state index contributed by atoms with van der Waals surface area (Å²) in [5.74, 6) is -0.868. The number of azide groups is 1. The van der Waals surface area contributed by atoms with Gasteiger partial charge in [0.05, 0.1) is 5.69 Å². The number of rotatable bonds is 9. The number of aryl methyl sites for hydroxylation is 1. The van der Waals surface area contributed by atoms with Crippen LogP contribution < -0.4 is 10.1 Å². The Morgan fingerprint density at radius 2 is 2.15 bits per heavy atom. The van der Waals surface area contributed by atoms with E-state index in [9.17, 15) is 18.0 Å². The van der Waals surface area contributed by atoms with Gasteiger partial charge in [0.2, 0.25) is 0 Å². The summed E-state index contributed by atoms with van der Waals surface area (Å²) in [6, 6.07) is 5.31. The van der Waals surface area contributed by atoms with Crippen LogP contribution in [0.3, 0.4) is 0 Å². The van der Waals surface area contributed by atoms with Crippen molar-refractivity contribution in [3.8, 4) is 5.75 Å². The Bertz CT molecular complexity index is 816. The largest absolute Gasteiger partial charge is 0.573 e. The predicted octanol–water partition coefficient (Wildman–Crippen LogP) is 3.27. The lowest BCUT2D eigenvalue weighted by Gasteiger charge is -2.10. The van der Waals surface area contributed by atoms with Gasteiger partial charge >= 0.3 is 6.36 Å². The number of hydrogen-bond donors (Lipinski definition) is 2. The molecule has 1 aromatic carbocycles. The fourth-order valence-corrected chi connectivity index (χ4v) is 2.25. The van der Waals surface area contributed by atoms with E-state index >= 15 is 0 Å². The van der Waals surface area contributed by atoms with E-state index in [1.807, 2.05) is 0 Å². The van der Waals surface area contributed by atoms with E-state index in [1.54, 1.807) is 6.07 Å². The molecule has 0 fully saturated rings. The predicted molar refractivity (Wildman–Crippen MR) is 87.6 cm³/mol. The van der Waals surface area contributed by atoms with Crippen LogP contribution in [0.5, 0.6) is 5.75 Å². The number of hydrogen-bond acceptors (Lipinski definition) is 5. The maximum atomic E-state index is 12.3. The summed E-state index contributed by atoms with van der Waals surface area (Å²) >= 11 is 0. The first kappa shape index (κ1) is 20.0. The highest BCUT2D eigenvalue weighted by atomic mass is 19.4. The minimum atomic E-state index is -4.78. The monoisotopic (exact) mass is 383 g/mol. The summed E-state index contributed by atoms with van der Waals surface area (Å²) < 4.78 is 40.6. The van der Waals surface area contributed by atoms with Gasteiger partial charge in [0.1, 0.15) is 5.75 Å². The van der Waals surface area contributed by atoms with Crippen LogP contribution in [-0.4, -0.2) is 34.2 Å². The molecule has 0 saturated carbocycles. The van der Waals surface area contributed by atoms with Gasteiger partial charge in [-0.3, -0.25) is 4.79 Å². The van der Waals surface area contributed by atoms with Gasteiger partial charge in [0.25, 0.3) is 5.91 Å². The van der Waals surface area contributed by atoms with Crippen molar-refractivity contribution in [1.82, 2.24) is 20.7 Å². The van der Waals surface area contributed by atoms with Crippen LogP contribution >= 0.6 is 0 Å². The molecular weight excluding hydrogens is 367 g/mol. The molecule has 2 N–H and O–H groups in total. The van der Waals surface area contributed by atoms with Gasteiger partial charge in [-0.1, -0.05) is 17.2 Å². The molecule has 2 aromatic rings. The van der Waals surface area contributed by atoms with Gasteiger partial charge in [-0.25, -0.2) is 0 Å². The highest BCUT2D eigenvalue weighted by Crippen LogP contribution is 2.23. The zero-order chi connectivity index (χ0) is 19.7. The fourth-order valence-electron chi connectivity index (χ4n) is 2.25. The van der Waals surface area contributed by atoms with E-state index in [-0.39, 0.29) is 18.0 Å². The Labute approximate surface area is 151 Å². The third-order valence-corrected chi connectivity index (χ3v) is 3.41. The SMILES string of the molecule is [N-]=[N+]=NCCCCc1n[nH]nc1C(=O)NCc1cccc(OC(F)(F)F)c1. The average molecular weight is 383 g/mol. The topological polar surface area (TPSA) is 129 Å². The zero-order valence-corrected chi connectivity index (χ0v) is 14.0. The van der Waals surface area contributed by atoms with Crippen molar-refractivity contribution in [2.24, 2.45) is 5.11 Å². The van der Waals surface area contributed by atoms with Crippen molar-refractivity contribution in [1.29, 1.82) is 0 Å². The molecule has 1 heterocycles. The normalized spacial score (nSPS) is 10.9. The second-order valence-electron chi connectivity index (χ2n) is 5.41. The third kappa shape index (κ3) is 6.86. The molecule has 2 rings (SSSR count). The molecule has 1 amide bonds. The lowest BCUT2D eigenvalue weighted by Crippen LogP contribution is -2.24. The van der Waals surface area contributed by atoms with E-state index in [0.717, 1.165) is 0 Å². The standard InChI is InChI=1S/C15H16F3N7O2/c16-15(17,18)27-11-5-3-4-10(8-11)9-20-14(26)13-12(22-25-23-13)6-1-2-7-21-24-19/h3-5,8H,1-2,6-7,9H2,(H,20,26)(H,22,23,25). The van der Waals surface area contributed by atoms with Crippen LogP contribution in [0.2, 0.25) is 0 Å². The second-order valence-corrected chi connectivity index (χ2v) is 5.41. The molecule has 0 aliphatic heterocycles. The number of benzene rings is 1. The number of alkyl halides is 3. The number of aromatic nitrogens is 3. The number of carbonyl (C=O) groups is 1. The smallest absolute Gasteiger partial charge is 0.406 e. The number of unbranched alkanes of at least 4 members (excludes halogenated alkanes) is 1. The van der Waals surface area contributed by atoms with E-state index in [0.29, 0.717) is 37.1 Å². The van der Waals surface area contributed by atoms with Crippen molar-refractivity contribution in [3.63, 3.8) is 0 Å². The van der Waals surface area contributed by atoms with Crippen LogP contribution in [0.4, 0.5) is 13.2 Å². The first-order chi connectivity index (χ1) is 12.9. The lowest BCUT2D eigenvalue weighted by molar-refractivity contribution is -0.274. The van der Waals surface area contributed by atoms with E-state index in [4.69, 9.17) is 5.53 Å². The summed E-state index contributed by atoms with van der Waals surface area (Å²) in [6.07, 6.45) is -3.02. The molecule has 0 saturated heterocycles. The molecule has 9 nitrogen and oxygen atoms in total. The van der Waals surface area contributed by atoms with Crippen molar-refractivity contribution >= 4 is 5.91 Å². The van der Waals surface area contributed by atoms with E-state index in [1.165, 1.54) is 18.2 Å². The average Bonchev–Trinajstić information content (AvgIpc) is 3.07. The first-order valence-corrected chi connectivity index (χ1v) is 7.92. The number of amides is 1. The van der Waals surface area contributed by atoms with Crippen molar-refractivity contribution in [2.45, 2.75) is 32.2 Å². The fraction of sp³-hybridized carbons (Fsp3) is 0.400. The highest BCUT2D eigenvalue weighted by molar-refractivity contribution is 5.93. The Morgan fingerprint density at radius 3 is 2.89 bits per heavy atom. The Hall–Kier alpha value is -3.27. The summed E-state index contributed by atoms with van der Waals surface area (Å²) in [4.78, 5) is 14.9. The molecule has 0 unspecified atom stereocenters.